The van der Waals surface area contributed by atoms with Gasteiger partial charge in [0, 0.05) is 15.5 Å². The predicted molar refractivity (Wildman–Crippen MR) is 125 cm³/mol. The SMILES string of the molecule is Cc1sc(N(Cc2ccccc2SC(F)F)c2ccc(C#N)cc2)nc1C(=O)NC[SH](=O)=O. The van der Waals surface area contributed by atoms with Crippen LogP contribution in [0.1, 0.15) is 26.5 Å². The Hall–Kier alpha value is -3.01. The molecule has 0 saturated heterocycles. The van der Waals surface area contributed by atoms with Gasteiger partial charge in [0.15, 0.2) is 15.8 Å². The largest absolute Gasteiger partial charge is 0.337 e. The Balaban J connectivity index is 2.01. The molecule has 0 saturated carbocycles. The van der Waals surface area contributed by atoms with Gasteiger partial charge in [-0.25, -0.2) is 13.4 Å². The van der Waals surface area contributed by atoms with Crippen molar-refractivity contribution in [2.75, 3.05) is 10.8 Å². The molecule has 2 aromatic carbocycles. The first-order valence-corrected chi connectivity index (χ1v) is 12.5. The monoisotopic (exact) mass is 508 g/mol. The van der Waals surface area contributed by atoms with E-state index < -0.39 is 28.2 Å². The summed E-state index contributed by atoms with van der Waals surface area (Å²) in [4.78, 5) is 19.5. The molecular weight excluding hydrogens is 490 g/mol. The van der Waals surface area contributed by atoms with Crippen molar-refractivity contribution in [3.63, 3.8) is 0 Å². The van der Waals surface area contributed by atoms with Crippen molar-refractivity contribution in [1.82, 2.24) is 10.3 Å². The van der Waals surface area contributed by atoms with Gasteiger partial charge in [0.05, 0.1) is 18.2 Å². The summed E-state index contributed by atoms with van der Waals surface area (Å²) in [5.74, 6) is -3.71. The van der Waals surface area contributed by atoms with Gasteiger partial charge in [-0.15, -0.1) is 11.3 Å². The fraction of sp³-hybridized carbons (Fsp3) is 0.190. The van der Waals surface area contributed by atoms with Gasteiger partial charge in [-0.2, -0.15) is 14.0 Å². The van der Waals surface area contributed by atoms with E-state index in [-0.39, 0.29) is 12.2 Å². The highest BCUT2D eigenvalue weighted by atomic mass is 32.2. The van der Waals surface area contributed by atoms with Crippen molar-refractivity contribution in [2.45, 2.75) is 24.1 Å². The van der Waals surface area contributed by atoms with Crippen molar-refractivity contribution < 1.29 is 22.0 Å². The van der Waals surface area contributed by atoms with Gasteiger partial charge in [0.25, 0.3) is 11.7 Å². The van der Waals surface area contributed by atoms with Crippen molar-refractivity contribution in [3.05, 3.63) is 70.2 Å². The number of carbonyl (C=O) groups is 1. The molecule has 0 bridgehead atoms. The molecule has 0 unspecified atom stereocenters. The fourth-order valence-corrected chi connectivity index (χ4v) is 4.76. The maximum Gasteiger partial charge on any atom is 0.288 e. The number of aromatic nitrogens is 1. The predicted octanol–water partition coefficient (Wildman–Crippen LogP) is 4.27. The molecule has 1 amide bonds. The number of benzene rings is 2. The third-order valence-electron chi connectivity index (χ3n) is 4.43. The van der Waals surface area contributed by atoms with E-state index in [1.165, 1.54) is 11.3 Å². The molecule has 0 aliphatic heterocycles. The van der Waals surface area contributed by atoms with Gasteiger partial charge in [-0.05, 0) is 42.8 Å². The molecule has 172 valence electrons. The Morgan fingerprint density at radius 2 is 1.94 bits per heavy atom. The number of nitrogens with one attached hydrogen (secondary N) is 1. The van der Waals surface area contributed by atoms with Gasteiger partial charge in [0.2, 0.25) is 0 Å². The van der Waals surface area contributed by atoms with Gasteiger partial charge in [0.1, 0.15) is 11.6 Å². The van der Waals surface area contributed by atoms with E-state index in [2.05, 4.69) is 10.3 Å². The topological polar surface area (TPSA) is 103 Å². The van der Waals surface area contributed by atoms with E-state index in [4.69, 9.17) is 5.26 Å². The normalized spacial score (nSPS) is 10.9. The molecule has 0 aliphatic rings. The molecule has 0 aliphatic carbocycles. The van der Waals surface area contributed by atoms with Crippen LogP contribution in [-0.4, -0.2) is 30.9 Å². The molecule has 33 heavy (non-hydrogen) atoms. The lowest BCUT2D eigenvalue weighted by Crippen LogP contribution is -2.26. The molecule has 3 aromatic rings. The molecule has 1 aromatic heterocycles. The molecule has 7 nitrogen and oxygen atoms in total. The van der Waals surface area contributed by atoms with Crippen LogP contribution in [0.5, 0.6) is 0 Å². The first-order valence-electron chi connectivity index (χ1n) is 9.46. The molecule has 1 heterocycles. The number of thiol groups is 1. The number of nitrogens with zero attached hydrogens (tertiary/aromatic N) is 3. The molecule has 0 radical (unpaired) electrons. The molecular formula is C21H18F2N4O3S3. The minimum atomic E-state index is -2.78. The van der Waals surface area contributed by atoms with Crippen LogP contribution < -0.4 is 10.2 Å². The number of aryl methyl sites for hydroxylation is 1. The number of halogens is 2. The molecule has 1 N–H and O–H groups in total. The van der Waals surface area contributed by atoms with E-state index in [9.17, 15) is 22.0 Å². The van der Waals surface area contributed by atoms with E-state index in [1.807, 2.05) is 6.07 Å². The standard InChI is InChI=1S/C21H18F2N4O3S3/c1-13-18(19(28)25-12-33(29)30)26-21(31-13)27(16-8-6-14(10-24)7-9-16)11-15-4-2-3-5-17(15)32-20(22)23/h2-9,20,33H,11-12H2,1H3,(H,25,28). The number of thiazole rings is 1. The lowest BCUT2D eigenvalue weighted by atomic mass is 10.1. The van der Waals surface area contributed by atoms with Crippen LogP contribution in [0.2, 0.25) is 0 Å². The summed E-state index contributed by atoms with van der Waals surface area (Å²) in [6.45, 7) is 1.87. The Kier molecular flexibility index (Phi) is 8.37. The Morgan fingerprint density at radius 1 is 1.24 bits per heavy atom. The number of amides is 1. The van der Waals surface area contributed by atoms with Crippen LogP contribution in [0.25, 0.3) is 0 Å². The van der Waals surface area contributed by atoms with Crippen molar-refractivity contribution in [1.29, 1.82) is 5.26 Å². The average Bonchev–Trinajstić information content (AvgIpc) is 3.18. The van der Waals surface area contributed by atoms with Gasteiger partial charge >= 0.3 is 0 Å². The summed E-state index contributed by atoms with van der Waals surface area (Å²) in [5.41, 5.74) is 1.82. The fourth-order valence-electron chi connectivity index (χ4n) is 2.93. The van der Waals surface area contributed by atoms with Crippen molar-refractivity contribution in [2.24, 2.45) is 0 Å². The lowest BCUT2D eigenvalue weighted by Gasteiger charge is -2.23. The molecule has 0 spiro atoms. The second kappa shape index (κ2) is 11.2. The molecule has 0 atom stereocenters. The quantitative estimate of drug-likeness (QED) is 0.329. The minimum Gasteiger partial charge on any atom is -0.337 e. The zero-order chi connectivity index (χ0) is 24.0. The van der Waals surface area contributed by atoms with Crippen molar-refractivity contribution >= 4 is 50.5 Å². The third-order valence-corrected chi connectivity index (χ3v) is 6.67. The zero-order valence-corrected chi connectivity index (χ0v) is 19.7. The first-order chi connectivity index (χ1) is 15.8. The number of hydrogen-bond acceptors (Lipinski definition) is 8. The second-order valence-electron chi connectivity index (χ2n) is 6.63. The Bertz CT molecular complexity index is 1250. The van der Waals surface area contributed by atoms with E-state index in [1.54, 1.807) is 60.4 Å². The lowest BCUT2D eigenvalue weighted by molar-refractivity contribution is 0.0955. The highest BCUT2D eigenvalue weighted by Gasteiger charge is 2.22. The van der Waals surface area contributed by atoms with E-state index in [0.29, 0.717) is 43.5 Å². The number of hydrogen-bond donors (Lipinski definition) is 2. The molecule has 12 heteroatoms. The molecule has 0 fully saturated rings. The van der Waals surface area contributed by atoms with Crippen LogP contribution in [-0.2, 0) is 17.2 Å². The van der Waals surface area contributed by atoms with Crippen LogP contribution >= 0.6 is 23.1 Å². The Morgan fingerprint density at radius 3 is 2.58 bits per heavy atom. The van der Waals surface area contributed by atoms with Crippen molar-refractivity contribution in [3.8, 4) is 6.07 Å². The van der Waals surface area contributed by atoms with E-state index >= 15 is 0 Å². The summed E-state index contributed by atoms with van der Waals surface area (Å²) >= 11 is 1.66. The number of nitriles is 1. The Labute approximate surface area is 199 Å². The summed E-state index contributed by atoms with van der Waals surface area (Å²) in [6.07, 6.45) is 0. The van der Waals surface area contributed by atoms with Crippen LogP contribution in [0, 0.1) is 18.3 Å². The van der Waals surface area contributed by atoms with Gasteiger partial charge in [-0.1, -0.05) is 30.0 Å². The van der Waals surface area contributed by atoms with Gasteiger partial charge in [-0.3, -0.25) is 4.79 Å². The third kappa shape index (κ3) is 6.50. The van der Waals surface area contributed by atoms with E-state index in [0.717, 1.165) is 0 Å². The average molecular weight is 509 g/mol. The summed E-state index contributed by atoms with van der Waals surface area (Å²) in [6, 6.07) is 15.5. The van der Waals surface area contributed by atoms with Crippen LogP contribution in [0.4, 0.5) is 19.6 Å². The highest BCUT2D eigenvalue weighted by molar-refractivity contribution is 7.99. The summed E-state index contributed by atoms with van der Waals surface area (Å²) in [7, 11) is -2.78. The maximum atomic E-state index is 13.1. The summed E-state index contributed by atoms with van der Waals surface area (Å²) < 4.78 is 47.7. The van der Waals surface area contributed by atoms with Crippen LogP contribution in [0.3, 0.4) is 0 Å². The second-order valence-corrected chi connectivity index (χ2v) is 9.82. The van der Waals surface area contributed by atoms with Gasteiger partial charge < -0.3 is 10.2 Å². The smallest absolute Gasteiger partial charge is 0.288 e. The highest BCUT2D eigenvalue weighted by Crippen LogP contribution is 2.36. The molecule has 3 rings (SSSR count). The number of alkyl halides is 2. The number of rotatable bonds is 9. The first kappa shape index (κ1) is 24.6. The van der Waals surface area contributed by atoms with Crippen LogP contribution in [0.15, 0.2) is 53.4 Å². The number of carbonyl (C=O) groups excluding carboxylic acids is 1. The maximum absolute atomic E-state index is 13.1. The minimum absolute atomic E-state index is 0.0840. The number of thioether (sulfide) groups is 1. The summed E-state index contributed by atoms with van der Waals surface area (Å²) in [5, 5.41) is 11.8. The number of anilines is 2. The zero-order valence-electron chi connectivity index (χ0n) is 17.2.